The molecule has 1 fully saturated rings. The van der Waals surface area contributed by atoms with E-state index in [-0.39, 0.29) is 5.92 Å². The van der Waals surface area contributed by atoms with Gasteiger partial charge in [0.05, 0.1) is 0 Å². The zero-order valence-corrected chi connectivity index (χ0v) is 10.8. The molecular weight excluding hydrogens is 210 g/mol. The Labute approximate surface area is 105 Å². The molecule has 0 radical (unpaired) electrons. The lowest BCUT2D eigenvalue weighted by Gasteiger charge is -2.24. The van der Waals surface area contributed by atoms with Crippen LogP contribution < -0.4 is 5.32 Å². The standard InChI is InChI=1S/C15H25NO/c17-15(13-9-5-4-6-10-13)16-14-11-7-2-1-3-8-12-14/h4-5,13-14H,1-3,6-12H2,(H,16,17)/t13-/m1/s1. The Balaban J connectivity index is 1.77. The number of carbonyl (C=O) groups excluding carboxylic acids is 1. The second-order valence-electron chi connectivity index (χ2n) is 5.53. The zero-order chi connectivity index (χ0) is 11.9. The largest absolute Gasteiger partial charge is 0.353 e. The van der Waals surface area contributed by atoms with Gasteiger partial charge in [0.2, 0.25) is 5.91 Å². The summed E-state index contributed by atoms with van der Waals surface area (Å²) in [6, 6.07) is 0.453. The number of hydrogen-bond acceptors (Lipinski definition) is 1. The lowest BCUT2D eigenvalue weighted by atomic mass is 9.92. The average Bonchev–Trinajstić information content (AvgIpc) is 2.33. The van der Waals surface area contributed by atoms with E-state index in [1.54, 1.807) is 0 Å². The predicted molar refractivity (Wildman–Crippen MR) is 70.7 cm³/mol. The van der Waals surface area contributed by atoms with E-state index in [2.05, 4.69) is 17.5 Å². The SMILES string of the molecule is O=C(NC1CCCCCCC1)[C@@H]1CC=CCC1. The van der Waals surface area contributed by atoms with Crippen molar-refractivity contribution in [1.82, 2.24) is 5.32 Å². The molecule has 1 amide bonds. The lowest BCUT2D eigenvalue weighted by Crippen LogP contribution is -2.39. The Morgan fingerprint density at radius 2 is 1.65 bits per heavy atom. The first-order chi connectivity index (χ1) is 8.36. The normalized spacial score (nSPS) is 27.2. The smallest absolute Gasteiger partial charge is 0.223 e. The number of carbonyl (C=O) groups is 1. The maximum atomic E-state index is 12.1. The summed E-state index contributed by atoms with van der Waals surface area (Å²) in [7, 11) is 0. The minimum Gasteiger partial charge on any atom is -0.353 e. The van der Waals surface area contributed by atoms with Crippen molar-refractivity contribution >= 4 is 5.91 Å². The highest BCUT2D eigenvalue weighted by Crippen LogP contribution is 2.21. The first kappa shape index (κ1) is 12.7. The summed E-state index contributed by atoms with van der Waals surface area (Å²) in [6.45, 7) is 0. The maximum absolute atomic E-state index is 12.1. The predicted octanol–water partition coefficient (Wildman–Crippen LogP) is 3.57. The van der Waals surface area contributed by atoms with Gasteiger partial charge in [-0.2, -0.15) is 0 Å². The number of amides is 1. The third-order valence-electron chi connectivity index (χ3n) is 4.09. The Morgan fingerprint density at radius 3 is 2.29 bits per heavy atom. The van der Waals surface area contributed by atoms with Gasteiger partial charge >= 0.3 is 0 Å². The molecule has 17 heavy (non-hydrogen) atoms. The van der Waals surface area contributed by atoms with Gasteiger partial charge in [-0.25, -0.2) is 0 Å². The van der Waals surface area contributed by atoms with Gasteiger partial charge in [-0.05, 0) is 32.1 Å². The fraction of sp³-hybridized carbons (Fsp3) is 0.800. The molecule has 96 valence electrons. The van der Waals surface area contributed by atoms with Crippen LogP contribution in [0.5, 0.6) is 0 Å². The van der Waals surface area contributed by atoms with Crippen LogP contribution in [0.4, 0.5) is 0 Å². The molecular formula is C15H25NO. The Bertz CT molecular complexity index is 264. The molecule has 2 aliphatic carbocycles. The molecule has 1 saturated carbocycles. The summed E-state index contributed by atoms with van der Waals surface area (Å²) in [5.41, 5.74) is 0. The third kappa shape index (κ3) is 4.18. The molecule has 0 aromatic carbocycles. The van der Waals surface area contributed by atoms with E-state index in [1.807, 2.05) is 0 Å². The summed E-state index contributed by atoms with van der Waals surface area (Å²) in [5.74, 6) is 0.547. The Kier molecular flexibility index (Phi) is 5.08. The summed E-state index contributed by atoms with van der Waals surface area (Å²) < 4.78 is 0. The highest BCUT2D eigenvalue weighted by atomic mass is 16.1. The third-order valence-corrected chi connectivity index (χ3v) is 4.09. The molecule has 0 spiro atoms. The molecule has 2 nitrogen and oxygen atoms in total. The van der Waals surface area contributed by atoms with Crippen molar-refractivity contribution in [1.29, 1.82) is 0 Å². The van der Waals surface area contributed by atoms with Crippen LogP contribution in [-0.2, 0) is 4.79 Å². The van der Waals surface area contributed by atoms with Gasteiger partial charge in [0.1, 0.15) is 0 Å². The van der Waals surface area contributed by atoms with Gasteiger partial charge in [0.15, 0.2) is 0 Å². The van der Waals surface area contributed by atoms with Gasteiger partial charge in [0.25, 0.3) is 0 Å². The van der Waals surface area contributed by atoms with Crippen LogP contribution in [0.1, 0.15) is 64.2 Å². The zero-order valence-electron chi connectivity index (χ0n) is 10.8. The minimum absolute atomic E-state index is 0.241. The van der Waals surface area contributed by atoms with Crippen molar-refractivity contribution in [3.63, 3.8) is 0 Å². The number of rotatable bonds is 2. The second kappa shape index (κ2) is 6.83. The highest BCUT2D eigenvalue weighted by molar-refractivity contribution is 5.79. The van der Waals surface area contributed by atoms with Crippen LogP contribution in [0.3, 0.4) is 0 Å². The summed E-state index contributed by atoms with van der Waals surface area (Å²) in [5, 5.41) is 3.28. The van der Waals surface area contributed by atoms with Crippen molar-refractivity contribution in [2.24, 2.45) is 5.92 Å². The molecule has 2 heteroatoms. The van der Waals surface area contributed by atoms with Crippen molar-refractivity contribution in [2.75, 3.05) is 0 Å². The van der Waals surface area contributed by atoms with Crippen molar-refractivity contribution in [3.8, 4) is 0 Å². The molecule has 2 aliphatic rings. The van der Waals surface area contributed by atoms with E-state index in [9.17, 15) is 4.79 Å². The summed E-state index contributed by atoms with van der Waals surface area (Å²) in [4.78, 5) is 12.1. The van der Waals surface area contributed by atoms with Crippen LogP contribution in [0.25, 0.3) is 0 Å². The molecule has 1 N–H and O–H groups in total. The Hall–Kier alpha value is -0.790. The first-order valence-corrected chi connectivity index (χ1v) is 7.31. The molecule has 1 atom stereocenters. The van der Waals surface area contributed by atoms with Gasteiger partial charge in [0, 0.05) is 12.0 Å². The topological polar surface area (TPSA) is 29.1 Å². The fourth-order valence-corrected chi connectivity index (χ4v) is 2.95. The molecule has 2 rings (SSSR count). The minimum atomic E-state index is 0.241. The van der Waals surface area contributed by atoms with Crippen molar-refractivity contribution in [2.45, 2.75) is 70.3 Å². The van der Waals surface area contributed by atoms with Crippen LogP contribution in [0.2, 0.25) is 0 Å². The number of allylic oxidation sites excluding steroid dienone is 2. The van der Waals surface area contributed by atoms with E-state index in [4.69, 9.17) is 0 Å². The molecule has 0 aromatic rings. The number of hydrogen-bond donors (Lipinski definition) is 1. The lowest BCUT2D eigenvalue weighted by molar-refractivity contribution is -0.126. The van der Waals surface area contributed by atoms with E-state index in [0.29, 0.717) is 11.9 Å². The summed E-state index contributed by atoms with van der Waals surface area (Å²) >= 11 is 0. The fourth-order valence-electron chi connectivity index (χ4n) is 2.95. The van der Waals surface area contributed by atoms with Crippen LogP contribution >= 0.6 is 0 Å². The quantitative estimate of drug-likeness (QED) is 0.728. The van der Waals surface area contributed by atoms with E-state index < -0.39 is 0 Å². The highest BCUT2D eigenvalue weighted by Gasteiger charge is 2.21. The van der Waals surface area contributed by atoms with Gasteiger partial charge in [-0.1, -0.05) is 44.3 Å². The van der Waals surface area contributed by atoms with E-state index >= 15 is 0 Å². The van der Waals surface area contributed by atoms with Gasteiger partial charge < -0.3 is 5.32 Å². The van der Waals surface area contributed by atoms with Crippen molar-refractivity contribution < 1.29 is 4.79 Å². The van der Waals surface area contributed by atoms with E-state index in [0.717, 1.165) is 19.3 Å². The first-order valence-electron chi connectivity index (χ1n) is 7.31. The van der Waals surface area contributed by atoms with Gasteiger partial charge in [-0.15, -0.1) is 0 Å². The molecule has 0 heterocycles. The number of nitrogens with one attached hydrogen (secondary N) is 1. The van der Waals surface area contributed by atoms with Crippen LogP contribution in [0.15, 0.2) is 12.2 Å². The van der Waals surface area contributed by atoms with E-state index in [1.165, 1.54) is 44.9 Å². The molecule has 0 saturated heterocycles. The average molecular weight is 235 g/mol. The molecule has 0 bridgehead atoms. The maximum Gasteiger partial charge on any atom is 0.223 e. The second-order valence-corrected chi connectivity index (χ2v) is 5.53. The van der Waals surface area contributed by atoms with Crippen molar-refractivity contribution in [3.05, 3.63) is 12.2 Å². The Morgan fingerprint density at radius 1 is 0.941 bits per heavy atom. The summed E-state index contributed by atoms with van der Waals surface area (Å²) in [6.07, 6.45) is 16.4. The monoisotopic (exact) mass is 235 g/mol. The molecule has 0 unspecified atom stereocenters. The molecule has 0 aliphatic heterocycles. The van der Waals surface area contributed by atoms with Crippen LogP contribution in [-0.4, -0.2) is 11.9 Å². The molecule has 0 aromatic heterocycles. The van der Waals surface area contributed by atoms with Gasteiger partial charge in [-0.3, -0.25) is 4.79 Å². The van der Waals surface area contributed by atoms with Crippen LogP contribution in [0, 0.1) is 5.92 Å².